The van der Waals surface area contributed by atoms with Crippen molar-refractivity contribution in [1.29, 1.82) is 0 Å². The van der Waals surface area contributed by atoms with E-state index in [1.54, 1.807) is 0 Å². The first-order chi connectivity index (χ1) is 4.84. The van der Waals surface area contributed by atoms with E-state index in [4.69, 9.17) is 10.2 Å². The lowest BCUT2D eigenvalue weighted by Crippen LogP contribution is -2.15. The molecular formula is C8H12O2. The smallest absolute Gasteiger partial charge is 0.0983 e. The Hall–Kier alpha value is -0.600. The molecule has 0 bridgehead atoms. The Bertz CT molecular complexity index is 159. The summed E-state index contributed by atoms with van der Waals surface area (Å²) in [4.78, 5) is 0. The highest BCUT2D eigenvalue weighted by molar-refractivity contribution is 5.20. The van der Waals surface area contributed by atoms with E-state index in [1.807, 2.05) is 18.2 Å². The second kappa shape index (κ2) is 3.54. The van der Waals surface area contributed by atoms with Crippen molar-refractivity contribution in [2.75, 3.05) is 6.61 Å². The van der Waals surface area contributed by atoms with Crippen LogP contribution >= 0.6 is 0 Å². The van der Waals surface area contributed by atoms with Crippen LogP contribution in [0.1, 0.15) is 12.8 Å². The fourth-order valence-electron chi connectivity index (χ4n) is 1.02. The molecule has 1 unspecified atom stereocenters. The van der Waals surface area contributed by atoms with Crippen LogP contribution in [0.25, 0.3) is 0 Å². The van der Waals surface area contributed by atoms with Gasteiger partial charge in [-0.1, -0.05) is 18.2 Å². The molecule has 2 N–H and O–H groups in total. The summed E-state index contributed by atoms with van der Waals surface area (Å²) in [7, 11) is 0. The summed E-state index contributed by atoms with van der Waals surface area (Å²) in [5.41, 5.74) is 0.935. The van der Waals surface area contributed by atoms with Crippen molar-refractivity contribution in [2.45, 2.75) is 18.9 Å². The molecule has 56 valence electrons. The van der Waals surface area contributed by atoms with Gasteiger partial charge in [0.25, 0.3) is 0 Å². The maximum atomic E-state index is 9.13. The van der Waals surface area contributed by atoms with Crippen LogP contribution in [0.5, 0.6) is 0 Å². The molecule has 0 amide bonds. The van der Waals surface area contributed by atoms with Gasteiger partial charge >= 0.3 is 0 Å². The van der Waals surface area contributed by atoms with Crippen LogP contribution < -0.4 is 0 Å². The lowest BCUT2D eigenvalue weighted by molar-refractivity contribution is 0.119. The van der Waals surface area contributed by atoms with Crippen molar-refractivity contribution in [3.63, 3.8) is 0 Å². The van der Waals surface area contributed by atoms with Crippen molar-refractivity contribution in [2.24, 2.45) is 0 Å². The summed E-state index contributed by atoms with van der Waals surface area (Å²) in [6.45, 7) is -0.167. The fourth-order valence-corrected chi connectivity index (χ4v) is 1.02. The summed E-state index contributed by atoms with van der Waals surface area (Å²) in [6, 6.07) is 0. The first kappa shape index (κ1) is 7.51. The van der Waals surface area contributed by atoms with Crippen LogP contribution in [0.3, 0.4) is 0 Å². The highest BCUT2D eigenvalue weighted by atomic mass is 16.3. The summed E-state index contributed by atoms with van der Waals surface area (Å²) in [5.74, 6) is 0. The zero-order chi connectivity index (χ0) is 7.40. The zero-order valence-corrected chi connectivity index (χ0v) is 5.83. The normalized spacial score (nSPS) is 20.4. The molecule has 0 aliphatic heterocycles. The molecule has 0 heterocycles. The molecule has 0 aromatic carbocycles. The number of allylic oxidation sites excluding steroid dienone is 3. The molecule has 0 spiro atoms. The van der Waals surface area contributed by atoms with Crippen molar-refractivity contribution in [1.82, 2.24) is 0 Å². The van der Waals surface area contributed by atoms with Gasteiger partial charge in [0.05, 0.1) is 12.7 Å². The van der Waals surface area contributed by atoms with Crippen LogP contribution in [0.15, 0.2) is 23.8 Å². The lowest BCUT2D eigenvalue weighted by Gasteiger charge is -2.12. The van der Waals surface area contributed by atoms with E-state index in [1.165, 1.54) is 0 Å². The predicted octanol–water partition coefficient (Wildman–Crippen LogP) is 0.616. The maximum absolute atomic E-state index is 9.13. The average molecular weight is 140 g/mol. The van der Waals surface area contributed by atoms with E-state index in [0.717, 1.165) is 18.4 Å². The van der Waals surface area contributed by atoms with Gasteiger partial charge in [0.15, 0.2) is 0 Å². The van der Waals surface area contributed by atoms with Crippen molar-refractivity contribution in [3.05, 3.63) is 23.8 Å². The summed E-state index contributed by atoms with van der Waals surface area (Å²) < 4.78 is 0. The Balaban J connectivity index is 2.53. The molecule has 1 atom stereocenters. The SMILES string of the molecule is OCC(O)C1=CC=CCC1. The zero-order valence-electron chi connectivity index (χ0n) is 5.83. The third-order valence-corrected chi connectivity index (χ3v) is 1.65. The molecule has 0 saturated heterocycles. The third-order valence-electron chi connectivity index (χ3n) is 1.65. The molecule has 0 saturated carbocycles. The minimum absolute atomic E-state index is 0.167. The van der Waals surface area contributed by atoms with Gasteiger partial charge in [-0.3, -0.25) is 0 Å². The van der Waals surface area contributed by atoms with Gasteiger partial charge in [-0.15, -0.1) is 0 Å². The van der Waals surface area contributed by atoms with E-state index in [0.29, 0.717) is 0 Å². The molecule has 10 heavy (non-hydrogen) atoms. The van der Waals surface area contributed by atoms with E-state index in [2.05, 4.69) is 0 Å². The molecule has 0 aromatic rings. The Morgan fingerprint density at radius 3 is 2.90 bits per heavy atom. The molecule has 0 aromatic heterocycles. The van der Waals surface area contributed by atoms with E-state index >= 15 is 0 Å². The number of aliphatic hydroxyl groups excluding tert-OH is 2. The molecule has 0 radical (unpaired) electrons. The van der Waals surface area contributed by atoms with Gasteiger partial charge in [-0.2, -0.15) is 0 Å². The molecule has 0 fully saturated rings. The van der Waals surface area contributed by atoms with E-state index in [9.17, 15) is 0 Å². The van der Waals surface area contributed by atoms with Gasteiger partial charge in [-0.25, -0.2) is 0 Å². The Morgan fingerprint density at radius 2 is 2.40 bits per heavy atom. The van der Waals surface area contributed by atoms with Gasteiger partial charge in [-0.05, 0) is 18.4 Å². The van der Waals surface area contributed by atoms with Crippen LogP contribution in [-0.2, 0) is 0 Å². The summed E-state index contributed by atoms with van der Waals surface area (Å²) in [6.07, 6.45) is 7.03. The van der Waals surface area contributed by atoms with Crippen LogP contribution in [0.2, 0.25) is 0 Å². The van der Waals surface area contributed by atoms with Crippen LogP contribution in [0, 0.1) is 0 Å². The maximum Gasteiger partial charge on any atom is 0.0983 e. The quantitative estimate of drug-likeness (QED) is 0.590. The number of aliphatic hydroxyl groups is 2. The third kappa shape index (κ3) is 1.69. The van der Waals surface area contributed by atoms with Gasteiger partial charge in [0, 0.05) is 0 Å². The predicted molar refractivity (Wildman–Crippen MR) is 39.5 cm³/mol. The molecule has 2 nitrogen and oxygen atoms in total. The van der Waals surface area contributed by atoms with E-state index in [-0.39, 0.29) is 6.61 Å². The van der Waals surface area contributed by atoms with E-state index < -0.39 is 6.10 Å². The largest absolute Gasteiger partial charge is 0.393 e. The van der Waals surface area contributed by atoms with Crippen molar-refractivity contribution >= 4 is 0 Å². The Labute approximate surface area is 60.5 Å². The Kier molecular flexibility index (Phi) is 2.66. The number of hydrogen-bond donors (Lipinski definition) is 2. The summed E-state index contributed by atoms with van der Waals surface area (Å²) in [5, 5.41) is 17.7. The second-order valence-electron chi connectivity index (χ2n) is 2.41. The highest BCUT2D eigenvalue weighted by Gasteiger charge is 2.08. The van der Waals surface area contributed by atoms with Crippen molar-refractivity contribution in [3.8, 4) is 0 Å². The fraction of sp³-hybridized carbons (Fsp3) is 0.500. The van der Waals surface area contributed by atoms with Gasteiger partial charge < -0.3 is 10.2 Å². The first-order valence-electron chi connectivity index (χ1n) is 3.49. The van der Waals surface area contributed by atoms with Crippen LogP contribution in [-0.4, -0.2) is 22.9 Å². The standard InChI is InChI=1S/C8H12O2/c9-6-8(10)7-4-2-1-3-5-7/h1-2,4,8-10H,3,5-6H2. The first-order valence-corrected chi connectivity index (χ1v) is 3.49. The van der Waals surface area contributed by atoms with Crippen molar-refractivity contribution < 1.29 is 10.2 Å². The minimum Gasteiger partial charge on any atom is -0.393 e. The molecular weight excluding hydrogens is 128 g/mol. The monoisotopic (exact) mass is 140 g/mol. The summed E-state index contributed by atoms with van der Waals surface area (Å²) >= 11 is 0. The highest BCUT2D eigenvalue weighted by Crippen LogP contribution is 2.14. The average Bonchev–Trinajstić information content (AvgIpc) is 2.05. The number of rotatable bonds is 2. The van der Waals surface area contributed by atoms with Gasteiger partial charge in [0.2, 0.25) is 0 Å². The molecule has 1 aliphatic carbocycles. The minimum atomic E-state index is -0.648. The van der Waals surface area contributed by atoms with Crippen LogP contribution in [0.4, 0.5) is 0 Å². The van der Waals surface area contributed by atoms with Gasteiger partial charge in [0.1, 0.15) is 0 Å². The molecule has 2 heteroatoms. The lowest BCUT2D eigenvalue weighted by atomic mass is 10.0. The topological polar surface area (TPSA) is 40.5 Å². The number of hydrogen-bond acceptors (Lipinski definition) is 2. The molecule has 1 aliphatic rings. The second-order valence-corrected chi connectivity index (χ2v) is 2.41. The molecule has 1 rings (SSSR count). The Morgan fingerprint density at radius 1 is 1.60 bits per heavy atom.